The topological polar surface area (TPSA) is 70.4 Å². The molecule has 0 saturated heterocycles. The van der Waals surface area contributed by atoms with Crippen LogP contribution in [0.25, 0.3) is 11.6 Å². The van der Waals surface area contributed by atoms with Crippen LogP contribution in [-0.4, -0.2) is 20.9 Å². The van der Waals surface area contributed by atoms with E-state index in [1.165, 1.54) is 4.57 Å². The zero-order valence-electron chi connectivity index (χ0n) is 13.1. The van der Waals surface area contributed by atoms with Crippen LogP contribution in [0.3, 0.4) is 0 Å². The van der Waals surface area contributed by atoms with Crippen molar-refractivity contribution in [1.82, 2.24) is 9.55 Å². The molecule has 0 fully saturated rings. The number of aromatic amines is 1. The van der Waals surface area contributed by atoms with E-state index in [0.717, 1.165) is 26.9 Å². The summed E-state index contributed by atoms with van der Waals surface area (Å²) in [5.74, 6) is -0.0850. The Balaban J connectivity index is 1.69. The second kappa shape index (κ2) is 6.22. The van der Waals surface area contributed by atoms with Gasteiger partial charge in [-0.15, -0.1) is 0 Å². The van der Waals surface area contributed by atoms with Gasteiger partial charge in [0.05, 0.1) is 12.2 Å². The lowest BCUT2D eigenvalue weighted by molar-refractivity contribution is 0.420. The molecule has 25 heavy (non-hydrogen) atoms. The van der Waals surface area contributed by atoms with Crippen LogP contribution in [-0.2, 0) is 6.54 Å². The normalized spacial score (nSPS) is 14.2. The maximum absolute atomic E-state index is 12.2. The summed E-state index contributed by atoms with van der Waals surface area (Å²) in [5.41, 5.74) is 3.65. The number of benzene rings is 2. The van der Waals surface area contributed by atoms with Gasteiger partial charge in [-0.3, -0.25) is 9.56 Å². The number of imidazole rings is 1. The van der Waals surface area contributed by atoms with Gasteiger partial charge in [-0.2, -0.15) is 0 Å². The smallest absolute Gasteiger partial charge is 0.329 e. The van der Waals surface area contributed by atoms with Crippen LogP contribution in [0.1, 0.15) is 16.8 Å². The van der Waals surface area contributed by atoms with Gasteiger partial charge in [0, 0.05) is 21.8 Å². The lowest BCUT2D eigenvalue weighted by Crippen LogP contribution is -2.17. The highest BCUT2D eigenvalue weighted by molar-refractivity contribution is 9.10. The van der Waals surface area contributed by atoms with E-state index < -0.39 is 0 Å². The van der Waals surface area contributed by atoms with Gasteiger partial charge in [0.1, 0.15) is 5.69 Å². The van der Waals surface area contributed by atoms with Crippen molar-refractivity contribution in [2.75, 3.05) is 0 Å². The Morgan fingerprint density at radius 3 is 2.72 bits per heavy atom. The molecule has 6 heteroatoms. The number of rotatable bonds is 3. The molecule has 2 heterocycles. The number of aromatic nitrogens is 2. The molecule has 2 N–H and O–H groups in total. The van der Waals surface area contributed by atoms with E-state index >= 15 is 0 Å². The van der Waals surface area contributed by atoms with E-state index in [2.05, 4.69) is 25.9 Å². The molecular formula is C19H14BrN3O2. The van der Waals surface area contributed by atoms with Crippen molar-refractivity contribution in [1.29, 1.82) is 0 Å². The van der Waals surface area contributed by atoms with E-state index in [4.69, 9.17) is 0 Å². The highest BCUT2D eigenvalue weighted by atomic mass is 79.9. The first-order chi connectivity index (χ1) is 12.1. The van der Waals surface area contributed by atoms with Gasteiger partial charge in [-0.1, -0.05) is 46.3 Å². The molecular weight excluding hydrogens is 382 g/mol. The molecule has 2 aromatic carbocycles. The molecule has 1 aliphatic rings. The van der Waals surface area contributed by atoms with Crippen LogP contribution < -0.4 is 5.69 Å². The van der Waals surface area contributed by atoms with Gasteiger partial charge < -0.3 is 10.1 Å². The summed E-state index contributed by atoms with van der Waals surface area (Å²) >= 11 is 3.38. The monoisotopic (exact) mass is 395 g/mol. The van der Waals surface area contributed by atoms with E-state index in [1.807, 2.05) is 48.5 Å². The second-order valence-corrected chi connectivity index (χ2v) is 6.67. The Bertz CT molecular complexity index is 1060. The molecule has 1 aromatic heterocycles. The fourth-order valence-electron chi connectivity index (χ4n) is 2.81. The largest absolute Gasteiger partial charge is 0.493 e. The molecule has 0 saturated carbocycles. The number of allylic oxidation sites excluding steroid dienone is 1. The highest BCUT2D eigenvalue weighted by Crippen LogP contribution is 2.32. The zero-order chi connectivity index (χ0) is 17.4. The minimum absolute atomic E-state index is 0.0850. The Morgan fingerprint density at radius 1 is 1.16 bits per heavy atom. The lowest BCUT2D eigenvalue weighted by Gasteiger charge is -2.04. The summed E-state index contributed by atoms with van der Waals surface area (Å²) in [6.07, 6.45) is 3.47. The minimum atomic E-state index is -0.351. The Labute approximate surface area is 152 Å². The molecule has 0 aliphatic carbocycles. The predicted octanol–water partition coefficient (Wildman–Crippen LogP) is 3.95. The van der Waals surface area contributed by atoms with Crippen molar-refractivity contribution in [3.05, 3.63) is 80.3 Å². The first kappa shape index (κ1) is 15.7. The van der Waals surface area contributed by atoms with Crippen molar-refractivity contribution >= 4 is 39.5 Å². The van der Waals surface area contributed by atoms with Crippen molar-refractivity contribution in [2.24, 2.45) is 4.99 Å². The second-order valence-electron chi connectivity index (χ2n) is 5.76. The van der Waals surface area contributed by atoms with Crippen molar-refractivity contribution in [3.63, 3.8) is 0 Å². The third-order valence-electron chi connectivity index (χ3n) is 4.09. The summed E-state index contributed by atoms with van der Waals surface area (Å²) in [4.78, 5) is 19.3. The Morgan fingerprint density at radius 2 is 1.92 bits per heavy atom. The number of nitrogens with zero attached hydrogens (tertiary/aromatic N) is 2. The molecule has 0 amide bonds. The van der Waals surface area contributed by atoms with Crippen LogP contribution in [0.2, 0.25) is 0 Å². The molecule has 0 atom stereocenters. The summed E-state index contributed by atoms with van der Waals surface area (Å²) in [7, 11) is 0. The van der Waals surface area contributed by atoms with Crippen molar-refractivity contribution < 1.29 is 5.11 Å². The van der Waals surface area contributed by atoms with Crippen LogP contribution >= 0.6 is 15.9 Å². The molecule has 0 unspecified atom stereocenters. The van der Waals surface area contributed by atoms with E-state index in [9.17, 15) is 9.90 Å². The van der Waals surface area contributed by atoms with Gasteiger partial charge >= 0.3 is 5.69 Å². The quantitative estimate of drug-likeness (QED) is 0.704. The van der Waals surface area contributed by atoms with Crippen molar-refractivity contribution in [3.8, 4) is 5.88 Å². The van der Waals surface area contributed by atoms with Gasteiger partial charge in [0.15, 0.2) is 0 Å². The molecule has 124 valence electrons. The van der Waals surface area contributed by atoms with Crippen molar-refractivity contribution in [2.45, 2.75) is 6.54 Å². The summed E-state index contributed by atoms with van der Waals surface area (Å²) in [5, 5.41) is 10.5. The lowest BCUT2D eigenvalue weighted by atomic mass is 10.1. The van der Waals surface area contributed by atoms with E-state index in [1.54, 1.807) is 12.3 Å². The predicted molar refractivity (Wildman–Crippen MR) is 102 cm³/mol. The molecule has 0 spiro atoms. The number of fused-ring (bicyclic) bond motifs is 1. The minimum Gasteiger partial charge on any atom is -0.493 e. The first-order valence-electron chi connectivity index (χ1n) is 7.73. The fourth-order valence-corrected chi connectivity index (χ4v) is 3.07. The first-order valence-corrected chi connectivity index (χ1v) is 8.52. The third kappa shape index (κ3) is 2.96. The Hall–Kier alpha value is -2.86. The maximum Gasteiger partial charge on any atom is 0.329 e. The van der Waals surface area contributed by atoms with Crippen LogP contribution in [0.4, 0.5) is 5.69 Å². The van der Waals surface area contributed by atoms with Gasteiger partial charge in [-0.05, 0) is 29.8 Å². The average Bonchev–Trinajstić information content (AvgIpc) is 3.14. The van der Waals surface area contributed by atoms with Crippen LogP contribution in [0.5, 0.6) is 5.88 Å². The number of nitrogens with one attached hydrogen (secondary N) is 1. The molecule has 0 radical (unpaired) electrons. The zero-order valence-corrected chi connectivity index (χ0v) is 14.7. The number of hydrogen-bond acceptors (Lipinski definition) is 3. The standard InChI is InChI=1S/C19H14BrN3O2/c20-14-7-5-12(6-8-14)11-23-18(24)17(22-19(23)25)9-13-10-21-16-4-2-1-3-15(13)16/h1-10,24H,11H2,(H,22,25)/b13-9+. The number of aromatic hydroxyl groups is 1. The van der Waals surface area contributed by atoms with Gasteiger partial charge in [-0.25, -0.2) is 4.79 Å². The maximum atomic E-state index is 12.2. The van der Waals surface area contributed by atoms with Gasteiger partial charge in [0.2, 0.25) is 5.88 Å². The molecule has 0 bridgehead atoms. The highest BCUT2D eigenvalue weighted by Gasteiger charge is 2.16. The van der Waals surface area contributed by atoms with Gasteiger partial charge in [0.25, 0.3) is 0 Å². The van der Waals surface area contributed by atoms with Crippen LogP contribution in [0, 0.1) is 0 Å². The number of H-pyrrole nitrogens is 1. The van der Waals surface area contributed by atoms with E-state index in [0.29, 0.717) is 12.2 Å². The summed E-state index contributed by atoms with van der Waals surface area (Å²) in [6.45, 7) is 0.294. The Kier molecular flexibility index (Phi) is 3.89. The number of hydrogen-bond donors (Lipinski definition) is 2. The third-order valence-corrected chi connectivity index (χ3v) is 4.62. The fraction of sp³-hybridized carbons (Fsp3) is 0.0526. The SMILES string of the molecule is O=c1[nH]c(/C=C2\C=Nc3ccccc32)c(O)n1Cc1ccc(Br)cc1. The van der Waals surface area contributed by atoms with E-state index in [-0.39, 0.29) is 11.6 Å². The number of aliphatic imine (C=N–C) groups is 1. The molecule has 3 aromatic rings. The average molecular weight is 396 g/mol. The number of para-hydroxylation sites is 1. The number of halogens is 1. The molecule has 1 aliphatic heterocycles. The van der Waals surface area contributed by atoms with Crippen LogP contribution in [0.15, 0.2) is 62.8 Å². The molecule has 5 nitrogen and oxygen atoms in total. The summed E-state index contributed by atoms with van der Waals surface area (Å²) < 4.78 is 2.28. The molecule has 4 rings (SSSR count). The summed E-state index contributed by atoms with van der Waals surface area (Å²) in [6, 6.07) is 15.4.